The number of aromatic nitrogens is 3. The summed E-state index contributed by atoms with van der Waals surface area (Å²) in [6, 6.07) is 9.12. The van der Waals surface area contributed by atoms with Gasteiger partial charge in [0.25, 0.3) is 0 Å². The van der Waals surface area contributed by atoms with Crippen LogP contribution in [0.25, 0.3) is 16.7 Å². The van der Waals surface area contributed by atoms with Gasteiger partial charge in [-0.3, -0.25) is 0 Å². The van der Waals surface area contributed by atoms with Crippen LogP contribution in [-0.2, 0) is 0 Å². The van der Waals surface area contributed by atoms with Crippen molar-refractivity contribution in [3.63, 3.8) is 0 Å². The third kappa shape index (κ3) is 1.82. The number of carbonyl (C=O) groups is 1. The lowest BCUT2D eigenvalue weighted by Crippen LogP contribution is -2.03. The maximum Gasteiger partial charge on any atom is 0.335 e. The lowest BCUT2D eigenvalue weighted by Gasteiger charge is -2.07. The SMILES string of the molecule is Cc1cccc(F)c1-n1nnc2ccc(C(=O)O)cc21. The van der Waals surface area contributed by atoms with Crippen LogP contribution in [0.1, 0.15) is 15.9 Å². The van der Waals surface area contributed by atoms with E-state index in [1.807, 2.05) is 0 Å². The Bertz CT molecular complexity index is 806. The quantitative estimate of drug-likeness (QED) is 0.777. The van der Waals surface area contributed by atoms with Gasteiger partial charge in [-0.15, -0.1) is 5.10 Å². The molecule has 0 spiro atoms. The molecule has 1 aromatic heterocycles. The largest absolute Gasteiger partial charge is 0.478 e. The van der Waals surface area contributed by atoms with E-state index in [1.54, 1.807) is 25.1 Å². The van der Waals surface area contributed by atoms with E-state index >= 15 is 0 Å². The molecule has 0 saturated carbocycles. The molecule has 2 aromatic carbocycles. The number of nitrogens with zero attached hydrogens (tertiary/aromatic N) is 3. The molecule has 20 heavy (non-hydrogen) atoms. The van der Waals surface area contributed by atoms with Gasteiger partial charge in [0.05, 0.1) is 11.1 Å². The molecule has 6 heteroatoms. The van der Waals surface area contributed by atoms with Crippen LogP contribution in [0.5, 0.6) is 0 Å². The zero-order valence-corrected chi connectivity index (χ0v) is 10.5. The van der Waals surface area contributed by atoms with Crippen LogP contribution in [0.3, 0.4) is 0 Å². The molecule has 0 saturated heterocycles. The van der Waals surface area contributed by atoms with Gasteiger partial charge in [-0.1, -0.05) is 17.3 Å². The van der Waals surface area contributed by atoms with Gasteiger partial charge in [0.1, 0.15) is 17.0 Å². The molecule has 0 aliphatic heterocycles. The second kappa shape index (κ2) is 4.41. The second-order valence-electron chi connectivity index (χ2n) is 4.42. The molecule has 0 radical (unpaired) electrons. The summed E-state index contributed by atoms with van der Waals surface area (Å²) in [4.78, 5) is 11.0. The van der Waals surface area contributed by atoms with Crippen LogP contribution >= 0.6 is 0 Å². The van der Waals surface area contributed by atoms with Crippen molar-refractivity contribution in [2.24, 2.45) is 0 Å². The lowest BCUT2D eigenvalue weighted by atomic mass is 10.1. The highest BCUT2D eigenvalue weighted by atomic mass is 19.1. The van der Waals surface area contributed by atoms with Crippen LogP contribution in [0.2, 0.25) is 0 Å². The van der Waals surface area contributed by atoms with E-state index < -0.39 is 11.8 Å². The van der Waals surface area contributed by atoms with Crippen molar-refractivity contribution < 1.29 is 14.3 Å². The fourth-order valence-corrected chi connectivity index (χ4v) is 2.11. The minimum atomic E-state index is -1.05. The summed E-state index contributed by atoms with van der Waals surface area (Å²) in [6.07, 6.45) is 0. The van der Waals surface area contributed by atoms with Gasteiger partial charge in [0.2, 0.25) is 0 Å². The van der Waals surface area contributed by atoms with E-state index in [0.717, 1.165) is 0 Å². The zero-order valence-electron chi connectivity index (χ0n) is 10.5. The Morgan fingerprint density at radius 3 is 2.80 bits per heavy atom. The van der Waals surface area contributed by atoms with Crippen molar-refractivity contribution >= 4 is 17.0 Å². The minimum absolute atomic E-state index is 0.107. The Kier molecular flexibility index (Phi) is 2.71. The number of carboxylic acids is 1. The molecule has 1 heterocycles. The van der Waals surface area contributed by atoms with Crippen molar-refractivity contribution in [1.82, 2.24) is 15.0 Å². The van der Waals surface area contributed by atoms with Gasteiger partial charge in [0.15, 0.2) is 0 Å². The van der Waals surface area contributed by atoms with Crippen LogP contribution in [-0.4, -0.2) is 26.1 Å². The number of para-hydroxylation sites is 1. The Morgan fingerprint density at radius 2 is 2.10 bits per heavy atom. The molecule has 0 atom stereocenters. The average molecular weight is 271 g/mol. The van der Waals surface area contributed by atoms with Crippen LogP contribution in [0.15, 0.2) is 36.4 Å². The summed E-state index contributed by atoms with van der Waals surface area (Å²) < 4.78 is 15.3. The standard InChI is InChI=1S/C14H10FN3O2/c1-8-3-2-4-10(15)13(8)18-12-7-9(14(19)20)5-6-11(12)16-17-18/h2-7H,1H3,(H,19,20). The Balaban J connectivity index is 2.31. The monoisotopic (exact) mass is 271 g/mol. The molecule has 5 nitrogen and oxygen atoms in total. The van der Waals surface area contributed by atoms with Crippen LogP contribution < -0.4 is 0 Å². The number of hydrogen-bond acceptors (Lipinski definition) is 3. The first-order valence-electron chi connectivity index (χ1n) is 5.92. The second-order valence-corrected chi connectivity index (χ2v) is 4.42. The normalized spacial score (nSPS) is 10.9. The number of aromatic carboxylic acids is 1. The Hall–Kier alpha value is -2.76. The van der Waals surface area contributed by atoms with E-state index in [2.05, 4.69) is 10.3 Å². The van der Waals surface area contributed by atoms with Gasteiger partial charge in [-0.2, -0.15) is 0 Å². The lowest BCUT2D eigenvalue weighted by molar-refractivity contribution is 0.0697. The first-order valence-corrected chi connectivity index (χ1v) is 5.92. The highest BCUT2D eigenvalue weighted by Gasteiger charge is 2.14. The highest BCUT2D eigenvalue weighted by Crippen LogP contribution is 2.22. The van der Waals surface area contributed by atoms with Crippen molar-refractivity contribution in [3.8, 4) is 5.69 Å². The molecule has 3 aromatic rings. The third-order valence-corrected chi connectivity index (χ3v) is 3.09. The van der Waals surface area contributed by atoms with Crippen LogP contribution in [0, 0.1) is 12.7 Å². The number of benzene rings is 2. The van der Waals surface area contributed by atoms with Gasteiger partial charge in [-0.25, -0.2) is 13.9 Å². The number of hydrogen-bond donors (Lipinski definition) is 1. The molecule has 100 valence electrons. The first kappa shape index (κ1) is 12.3. The van der Waals surface area contributed by atoms with E-state index in [4.69, 9.17) is 5.11 Å². The number of rotatable bonds is 2. The molecule has 0 aliphatic carbocycles. The topological polar surface area (TPSA) is 68.0 Å². The van der Waals surface area contributed by atoms with E-state index in [9.17, 15) is 9.18 Å². The summed E-state index contributed by atoms with van der Waals surface area (Å²) in [5.74, 6) is -1.48. The smallest absolute Gasteiger partial charge is 0.335 e. The van der Waals surface area contributed by atoms with Crippen molar-refractivity contribution in [2.75, 3.05) is 0 Å². The highest BCUT2D eigenvalue weighted by molar-refractivity contribution is 5.92. The fraction of sp³-hybridized carbons (Fsp3) is 0.0714. The summed E-state index contributed by atoms with van der Waals surface area (Å²) in [6.45, 7) is 1.76. The number of carboxylic acid groups (broad SMARTS) is 1. The maximum atomic E-state index is 14.0. The summed E-state index contributed by atoms with van der Waals surface area (Å²) >= 11 is 0. The van der Waals surface area contributed by atoms with E-state index in [1.165, 1.54) is 22.9 Å². The van der Waals surface area contributed by atoms with Gasteiger partial charge < -0.3 is 5.11 Å². The number of halogens is 1. The van der Waals surface area contributed by atoms with Crippen molar-refractivity contribution in [2.45, 2.75) is 6.92 Å². The molecular weight excluding hydrogens is 261 g/mol. The predicted molar refractivity (Wildman–Crippen MR) is 70.5 cm³/mol. The average Bonchev–Trinajstić information content (AvgIpc) is 2.81. The number of fused-ring (bicyclic) bond motifs is 1. The molecule has 1 N–H and O–H groups in total. The van der Waals surface area contributed by atoms with Crippen molar-refractivity contribution in [3.05, 3.63) is 53.3 Å². The van der Waals surface area contributed by atoms with E-state index in [0.29, 0.717) is 16.6 Å². The minimum Gasteiger partial charge on any atom is -0.478 e. The maximum absolute atomic E-state index is 14.0. The van der Waals surface area contributed by atoms with Gasteiger partial charge in [0, 0.05) is 0 Å². The first-order chi connectivity index (χ1) is 9.58. The predicted octanol–water partition coefficient (Wildman–Crippen LogP) is 2.57. The van der Waals surface area contributed by atoms with Crippen molar-refractivity contribution in [1.29, 1.82) is 0 Å². The van der Waals surface area contributed by atoms with E-state index in [-0.39, 0.29) is 11.3 Å². The third-order valence-electron chi connectivity index (χ3n) is 3.09. The zero-order chi connectivity index (χ0) is 14.3. The number of aryl methyl sites for hydroxylation is 1. The molecule has 0 unspecified atom stereocenters. The Labute approximate surface area is 113 Å². The summed E-state index contributed by atoms with van der Waals surface area (Å²) in [7, 11) is 0. The van der Waals surface area contributed by atoms with Gasteiger partial charge >= 0.3 is 5.97 Å². The summed E-state index contributed by atoms with van der Waals surface area (Å²) in [5.41, 5.74) is 2.04. The molecule has 3 rings (SSSR count). The van der Waals surface area contributed by atoms with Gasteiger partial charge in [-0.05, 0) is 36.8 Å². The molecular formula is C14H10FN3O2. The van der Waals surface area contributed by atoms with Crippen LogP contribution in [0.4, 0.5) is 4.39 Å². The summed E-state index contributed by atoms with van der Waals surface area (Å²) in [5, 5.41) is 16.9. The Morgan fingerprint density at radius 1 is 1.30 bits per heavy atom. The molecule has 0 bridgehead atoms. The molecule has 0 fully saturated rings. The fourth-order valence-electron chi connectivity index (χ4n) is 2.11. The molecule has 0 amide bonds. The molecule has 0 aliphatic rings.